The molecule has 2 rings (SSSR count). The predicted octanol–water partition coefficient (Wildman–Crippen LogP) is 4.00. The summed E-state index contributed by atoms with van der Waals surface area (Å²) in [5.74, 6) is -1.95. The van der Waals surface area contributed by atoms with E-state index >= 15 is 0 Å². The van der Waals surface area contributed by atoms with Crippen LogP contribution < -0.4 is 4.90 Å². The number of rotatable bonds is 2. The molecule has 0 amide bonds. The third-order valence-electron chi connectivity index (χ3n) is 3.93. The Hall–Kier alpha value is -1.63. The van der Waals surface area contributed by atoms with Gasteiger partial charge in [-0.1, -0.05) is 25.7 Å². The van der Waals surface area contributed by atoms with Gasteiger partial charge in [0.2, 0.25) is 0 Å². The van der Waals surface area contributed by atoms with E-state index in [2.05, 4.69) is 0 Å². The first kappa shape index (κ1) is 13.8. The Labute approximate surface area is 112 Å². The van der Waals surface area contributed by atoms with Gasteiger partial charge in [0, 0.05) is 13.1 Å². The minimum atomic E-state index is -1.04. The second kappa shape index (κ2) is 6.01. The summed E-state index contributed by atoms with van der Waals surface area (Å²) in [4.78, 5) is 1.82. The predicted molar refractivity (Wildman–Crippen MR) is 71.0 cm³/mol. The van der Waals surface area contributed by atoms with Crippen molar-refractivity contribution in [3.63, 3.8) is 0 Å². The highest BCUT2D eigenvalue weighted by Crippen LogP contribution is 2.29. The summed E-state index contributed by atoms with van der Waals surface area (Å²) < 4.78 is 27.6. The molecule has 0 aromatic heterocycles. The van der Waals surface area contributed by atoms with Crippen LogP contribution in [0.15, 0.2) is 12.1 Å². The highest BCUT2D eigenvalue weighted by Gasteiger charge is 2.22. The molecular weight excluding hydrogens is 246 g/mol. The lowest BCUT2D eigenvalue weighted by Crippen LogP contribution is -2.32. The lowest BCUT2D eigenvalue weighted by Gasteiger charge is -2.29. The summed E-state index contributed by atoms with van der Waals surface area (Å²) in [5, 5.41) is 8.69. The third-order valence-corrected chi connectivity index (χ3v) is 3.93. The van der Waals surface area contributed by atoms with Crippen LogP contribution in [0.25, 0.3) is 0 Å². The van der Waals surface area contributed by atoms with Gasteiger partial charge < -0.3 is 4.90 Å². The van der Waals surface area contributed by atoms with Crippen LogP contribution in [-0.4, -0.2) is 13.1 Å². The maximum atomic E-state index is 14.0. The summed E-state index contributed by atoms with van der Waals surface area (Å²) >= 11 is 0. The van der Waals surface area contributed by atoms with Gasteiger partial charge in [-0.25, -0.2) is 8.78 Å². The second-order valence-electron chi connectivity index (χ2n) is 5.13. The maximum absolute atomic E-state index is 14.0. The first-order valence-electron chi connectivity index (χ1n) is 6.76. The minimum Gasteiger partial charge on any atom is -0.369 e. The standard InChI is InChI=1S/C15H18F2N2/c1-19(12-6-4-2-3-5-7-12)13-9-8-11(10-18)14(16)15(13)17/h8-9,12H,2-7H2,1H3. The molecule has 1 aromatic rings. The molecule has 0 heterocycles. The quantitative estimate of drug-likeness (QED) is 0.755. The van der Waals surface area contributed by atoms with E-state index in [4.69, 9.17) is 5.26 Å². The molecule has 1 aromatic carbocycles. The Morgan fingerprint density at radius 2 is 1.74 bits per heavy atom. The maximum Gasteiger partial charge on any atom is 0.183 e. The van der Waals surface area contributed by atoms with E-state index in [1.54, 1.807) is 13.1 Å². The molecule has 0 spiro atoms. The van der Waals surface area contributed by atoms with E-state index in [1.807, 2.05) is 4.90 Å². The monoisotopic (exact) mass is 264 g/mol. The lowest BCUT2D eigenvalue weighted by molar-refractivity contribution is 0.492. The van der Waals surface area contributed by atoms with Crippen LogP contribution in [0, 0.1) is 23.0 Å². The van der Waals surface area contributed by atoms with Gasteiger partial charge in [-0.3, -0.25) is 0 Å². The van der Waals surface area contributed by atoms with Crippen molar-refractivity contribution in [3.8, 4) is 6.07 Å². The summed E-state index contributed by atoms with van der Waals surface area (Å²) in [5.41, 5.74) is 0.0129. The molecule has 4 heteroatoms. The van der Waals surface area contributed by atoms with Crippen molar-refractivity contribution in [2.75, 3.05) is 11.9 Å². The Kier molecular flexibility index (Phi) is 4.36. The molecule has 102 valence electrons. The third kappa shape index (κ3) is 2.86. The van der Waals surface area contributed by atoms with Gasteiger partial charge in [-0.05, 0) is 25.0 Å². The van der Waals surface area contributed by atoms with Gasteiger partial charge >= 0.3 is 0 Å². The first-order chi connectivity index (χ1) is 9.15. The van der Waals surface area contributed by atoms with Crippen LogP contribution in [0.2, 0.25) is 0 Å². The number of hydrogen-bond donors (Lipinski definition) is 0. The molecule has 0 N–H and O–H groups in total. The fourth-order valence-corrected chi connectivity index (χ4v) is 2.74. The molecule has 19 heavy (non-hydrogen) atoms. The average molecular weight is 264 g/mol. The number of hydrogen-bond acceptors (Lipinski definition) is 2. The molecule has 1 fully saturated rings. The van der Waals surface area contributed by atoms with E-state index in [0.717, 1.165) is 25.7 Å². The molecular formula is C15H18F2N2. The Bertz CT molecular complexity index is 486. The minimum absolute atomic E-state index is 0.240. The van der Waals surface area contributed by atoms with Gasteiger partial charge in [0.1, 0.15) is 6.07 Å². The number of nitriles is 1. The van der Waals surface area contributed by atoms with Crippen LogP contribution in [0.1, 0.15) is 44.1 Å². The van der Waals surface area contributed by atoms with E-state index in [1.165, 1.54) is 25.0 Å². The Morgan fingerprint density at radius 3 is 2.32 bits per heavy atom. The smallest absolute Gasteiger partial charge is 0.183 e. The van der Waals surface area contributed by atoms with E-state index < -0.39 is 11.6 Å². The van der Waals surface area contributed by atoms with Crippen molar-refractivity contribution in [3.05, 3.63) is 29.3 Å². The molecule has 0 unspecified atom stereocenters. The van der Waals surface area contributed by atoms with Crippen molar-refractivity contribution in [2.45, 2.75) is 44.6 Å². The van der Waals surface area contributed by atoms with Gasteiger partial charge in [0.05, 0.1) is 11.3 Å². The molecule has 1 aliphatic rings. The largest absolute Gasteiger partial charge is 0.369 e. The number of benzene rings is 1. The topological polar surface area (TPSA) is 27.0 Å². The van der Waals surface area contributed by atoms with Crippen molar-refractivity contribution in [1.29, 1.82) is 5.26 Å². The van der Waals surface area contributed by atoms with Crippen molar-refractivity contribution in [2.24, 2.45) is 0 Å². The fraction of sp³-hybridized carbons (Fsp3) is 0.533. The van der Waals surface area contributed by atoms with Gasteiger partial charge in [-0.15, -0.1) is 0 Å². The molecule has 1 aliphatic carbocycles. The van der Waals surface area contributed by atoms with Gasteiger partial charge in [-0.2, -0.15) is 5.26 Å². The number of halogens is 2. The molecule has 1 saturated carbocycles. The Balaban J connectivity index is 2.26. The van der Waals surface area contributed by atoms with Crippen LogP contribution in [-0.2, 0) is 0 Å². The number of nitrogens with zero attached hydrogens (tertiary/aromatic N) is 2. The van der Waals surface area contributed by atoms with E-state index in [0.29, 0.717) is 0 Å². The zero-order valence-electron chi connectivity index (χ0n) is 11.1. The summed E-state index contributed by atoms with van der Waals surface area (Å²) in [6, 6.07) is 4.76. The molecule has 0 saturated heterocycles. The van der Waals surface area contributed by atoms with Crippen LogP contribution in [0.5, 0.6) is 0 Å². The van der Waals surface area contributed by atoms with Crippen molar-refractivity contribution in [1.82, 2.24) is 0 Å². The lowest BCUT2D eigenvalue weighted by atomic mass is 10.1. The first-order valence-corrected chi connectivity index (χ1v) is 6.76. The van der Waals surface area contributed by atoms with Crippen LogP contribution in [0.4, 0.5) is 14.5 Å². The van der Waals surface area contributed by atoms with Crippen molar-refractivity contribution < 1.29 is 8.78 Å². The molecule has 0 radical (unpaired) electrons. The molecule has 0 bridgehead atoms. The average Bonchev–Trinajstić information content (AvgIpc) is 2.70. The fourth-order valence-electron chi connectivity index (χ4n) is 2.74. The normalized spacial score (nSPS) is 16.7. The van der Waals surface area contributed by atoms with Crippen LogP contribution >= 0.6 is 0 Å². The zero-order chi connectivity index (χ0) is 13.8. The highest BCUT2D eigenvalue weighted by atomic mass is 19.2. The van der Waals surface area contributed by atoms with Gasteiger partial charge in [0.15, 0.2) is 11.6 Å². The molecule has 0 aliphatic heterocycles. The summed E-state index contributed by atoms with van der Waals surface area (Å²) in [6.07, 6.45) is 6.73. The van der Waals surface area contributed by atoms with Crippen molar-refractivity contribution >= 4 is 5.69 Å². The second-order valence-corrected chi connectivity index (χ2v) is 5.13. The summed E-state index contributed by atoms with van der Waals surface area (Å²) in [6.45, 7) is 0. The SMILES string of the molecule is CN(c1ccc(C#N)c(F)c1F)C1CCCCCC1. The Morgan fingerprint density at radius 1 is 1.11 bits per heavy atom. The molecule has 2 nitrogen and oxygen atoms in total. The number of anilines is 1. The van der Waals surface area contributed by atoms with Crippen LogP contribution in [0.3, 0.4) is 0 Å². The van der Waals surface area contributed by atoms with E-state index in [9.17, 15) is 8.78 Å². The molecule has 0 atom stereocenters. The van der Waals surface area contributed by atoms with E-state index in [-0.39, 0.29) is 17.3 Å². The van der Waals surface area contributed by atoms with Gasteiger partial charge in [0.25, 0.3) is 0 Å². The zero-order valence-corrected chi connectivity index (χ0v) is 11.1. The highest BCUT2D eigenvalue weighted by molar-refractivity contribution is 5.52. The summed E-state index contributed by atoms with van der Waals surface area (Å²) in [7, 11) is 1.81.